The van der Waals surface area contributed by atoms with Crippen LogP contribution in [0.5, 0.6) is 5.75 Å². The lowest BCUT2D eigenvalue weighted by Gasteiger charge is -2.18. The molecule has 7 heteroatoms. The van der Waals surface area contributed by atoms with Gasteiger partial charge >= 0.3 is 0 Å². The molecule has 1 amide bonds. The van der Waals surface area contributed by atoms with Crippen LogP contribution in [0.3, 0.4) is 0 Å². The third-order valence-corrected chi connectivity index (χ3v) is 4.09. The Bertz CT molecular complexity index is 520. The maximum atomic E-state index is 12.2. The molecule has 23 heavy (non-hydrogen) atoms. The largest absolute Gasteiger partial charge is 0.489 e. The zero-order valence-electron chi connectivity index (χ0n) is 13.4. The summed E-state index contributed by atoms with van der Waals surface area (Å²) in [4.78, 5) is 12.2. The normalized spacial score (nSPS) is 19.6. The average molecular weight is 363 g/mol. The molecule has 1 heterocycles. The zero-order valence-corrected chi connectivity index (χ0v) is 15.0. The molecular formula is C16H24Cl2N2O3. The Kier molecular flexibility index (Phi) is 8.12. The second-order valence-corrected chi connectivity index (χ2v) is 6.16. The van der Waals surface area contributed by atoms with E-state index in [1.165, 1.54) is 0 Å². The molecule has 0 spiro atoms. The van der Waals surface area contributed by atoms with Crippen LogP contribution in [0.15, 0.2) is 18.2 Å². The highest BCUT2D eigenvalue weighted by Gasteiger charge is 2.20. The van der Waals surface area contributed by atoms with Crippen molar-refractivity contribution in [3.63, 3.8) is 0 Å². The monoisotopic (exact) mass is 362 g/mol. The third kappa shape index (κ3) is 5.84. The highest BCUT2D eigenvalue weighted by molar-refractivity contribution is 6.31. The van der Waals surface area contributed by atoms with E-state index in [1.54, 1.807) is 32.0 Å². The molecule has 0 radical (unpaired) electrons. The minimum Gasteiger partial charge on any atom is -0.489 e. The molecule has 1 aliphatic rings. The third-order valence-electron chi connectivity index (χ3n) is 3.85. The summed E-state index contributed by atoms with van der Waals surface area (Å²) in [6, 6.07) is 4.94. The van der Waals surface area contributed by atoms with Crippen LogP contribution in [0.2, 0.25) is 5.02 Å². The molecule has 1 saturated heterocycles. The number of carbonyl (C=O) groups is 1. The topological polar surface area (TPSA) is 73.6 Å². The predicted octanol–water partition coefficient (Wildman–Crippen LogP) is 3.24. The van der Waals surface area contributed by atoms with Crippen LogP contribution in [0.1, 0.15) is 26.7 Å². The van der Waals surface area contributed by atoms with Crippen molar-refractivity contribution >= 4 is 35.6 Å². The maximum Gasteiger partial charge on any atom is 0.228 e. The van der Waals surface area contributed by atoms with Gasteiger partial charge in [0.25, 0.3) is 0 Å². The van der Waals surface area contributed by atoms with Crippen LogP contribution in [-0.4, -0.2) is 31.3 Å². The molecule has 0 saturated carbocycles. The Morgan fingerprint density at radius 3 is 2.87 bits per heavy atom. The number of halogens is 2. The van der Waals surface area contributed by atoms with E-state index in [0.717, 1.165) is 19.4 Å². The number of hydrogen-bond acceptors (Lipinski definition) is 4. The van der Waals surface area contributed by atoms with Crippen molar-refractivity contribution in [1.29, 1.82) is 0 Å². The van der Waals surface area contributed by atoms with E-state index in [4.69, 9.17) is 26.8 Å². The minimum atomic E-state index is -0.301. The Hall–Kier alpha value is -1.01. The molecule has 130 valence electrons. The van der Waals surface area contributed by atoms with Gasteiger partial charge in [0.1, 0.15) is 12.4 Å². The van der Waals surface area contributed by atoms with Gasteiger partial charge in [-0.05, 0) is 38.0 Å². The van der Waals surface area contributed by atoms with Gasteiger partial charge in [-0.15, -0.1) is 12.4 Å². The van der Waals surface area contributed by atoms with Crippen LogP contribution >= 0.6 is 24.0 Å². The number of ether oxygens (including phenoxy) is 2. The molecule has 0 bridgehead atoms. The predicted molar refractivity (Wildman–Crippen MR) is 94.6 cm³/mol. The highest BCUT2D eigenvalue weighted by Crippen LogP contribution is 2.29. The smallest absolute Gasteiger partial charge is 0.228 e. The first-order chi connectivity index (χ1) is 10.5. The van der Waals surface area contributed by atoms with Crippen LogP contribution < -0.4 is 15.8 Å². The summed E-state index contributed by atoms with van der Waals surface area (Å²) in [5, 5.41) is 3.37. The molecule has 3 unspecified atom stereocenters. The van der Waals surface area contributed by atoms with Crippen LogP contribution in [0.4, 0.5) is 5.69 Å². The van der Waals surface area contributed by atoms with Crippen molar-refractivity contribution in [1.82, 2.24) is 0 Å². The van der Waals surface area contributed by atoms with Crippen LogP contribution in [0, 0.1) is 5.92 Å². The number of hydrogen-bond donors (Lipinski definition) is 2. The Morgan fingerprint density at radius 1 is 1.52 bits per heavy atom. The number of amides is 1. The average Bonchev–Trinajstić information content (AvgIpc) is 2.98. The number of anilines is 1. The molecule has 5 nitrogen and oxygen atoms in total. The van der Waals surface area contributed by atoms with Crippen molar-refractivity contribution in [2.24, 2.45) is 11.7 Å². The lowest BCUT2D eigenvalue weighted by Crippen LogP contribution is -2.34. The Labute approximate surface area is 148 Å². The fraction of sp³-hybridized carbons (Fsp3) is 0.562. The lowest BCUT2D eigenvalue weighted by atomic mass is 10.0. The Morgan fingerprint density at radius 2 is 2.26 bits per heavy atom. The Balaban J connectivity index is 0.00000264. The summed E-state index contributed by atoms with van der Waals surface area (Å²) in [6.07, 6.45) is 2.17. The fourth-order valence-corrected chi connectivity index (χ4v) is 2.34. The molecule has 2 rings (SSSR count). The van der Waals surface area contributed by atoms with Gasteiger partial charge < -0.3 is 20.5 Å². The minimum absolute atomic E-state index is 0. The first kappa shape index (κ1) is 20.0. The van der Waals surface area contributed by atoms with Gasteiger partial charge in [-0.2, -0.15) is 0 Å². The van der Waals surface area contributed by atoms with E-state index in [-0.39, 0.29) is 36.4 Å². The lowest BCUT2D eigenvalue weighted by molar-refractivity contribution is -0.119. The van der Waals surface area contributed by atoms with Gasteiger partial charge in [0.15, 0.2) is 0 Å². The SMILES string of the molecule is CC(N)C(C)C(=O)Nc1cc(Cl)ccc1OCC1CCCO1.Cl. The van der Waals surface area contributed by atoms with E-state index in [2.05, 4.69) is 5.32 Å². The first-order valence-corrected chi connectivity index (χ1v) is 7.95. The number of nitrogens with two attached hydrogens (primary N) is 1. The summed E-state index contributed by atoms with van der Waals surface area (Å²) in [5.74, 6) is 0.134. The van der Waals surface area contributed by atoms with Crippen molar-refractivity contribution in [2.45, 2.75) is 38.8 Å². The molecule has 3 N–H and O–H groups in total. The summed E-state index contributed by atoms with van der Waals surface area (Å²) >= 11 is 6.01. The van der Waals surface area contributed by atoms with Gasteiger partial charge in [-0.1, -0.05) is 18.5 Å². The molecule has 1 aromatic rings. The number of nitrogens with one attached hydrogen (secondary N) is 1. The van der Waals surface area contributed by atoms with E-state index in [9.17, 15) is 4.79 Å². The standard InChI is InChI=1S/C16H23ClN2O3.ClH/c1-10(11(2)18)16(20)19-14-8-12(17)5-6-15(14)22-9-13-4-3-7-21-13;/h5-6,8,10-11,13H,3-4,7,9,18H2,1-2H3,(H,19,20);1H. The molecule has 0 aromatic heterocycles. The van der Waals surface area contributed by atoms with Crippen molar-refractivity contribution in [3.05, 3.63) is 23.2 Å². The number of carbonyl (C=O) groups excluding carboxylic acids is 1. The molecule has 3 atom stereocenters. The van der Waals surface area contributed by atoms with Gasteiger partial charge in [0.2, 0.25) is 5.91 Å². The van der Waals surface area contributed by atoms with Gasteiger partial charge in [0.05, 0.1) is 17.7 Å². The van der Waals surface area contributed by atoms with E-state index < -0.39 is 0 Å². The van der Waals surface area contributed by atoms with Crippen LogP contribution in [-0.2, 0) is 9.53 Å². The number of benzene rings is 1. The first-order valence-electron chi connectivity index (χ1n) is 7.57. The zero-order chi connectivity index (χ0) is 16.1. The van der Waals surface area contributed by atoms with Crippen molar-refractivity contribution in [3.8, 4) is 5.75 Å². The van der Waals surface area contributed by atoms with Crippen molar-refractivity contribution in [2.75, 3.05) is 18.5 Å². The van der Waals surface area contributed by atoms with Gasteiger partial charge in [-0.25, -0.2) is 0 Å². The fourth-order valence-electron chi connectivity index (χ4n) is 2.17. The second kappa shape index (κ2) is 9.33. The second-order valence-electron chi connectivity index (χ2n) is 5.72. The quantitative estimate of drug-likeness (QED) is 0.814. The summed E-state index contributed by atoms with van der Waals surface area (Å²) in [6.45, 7) is 4.84. The highest BCUT2D eigenvalue weighted by atomic mass is 35.5. The molecule has 1 aliphatic heterocycles. The van der Waals surface area contributed by atoms with Gasteiger partial charge in [0, 0.05) is 17.7 Å². The number of rotatable bonds is 6. The summed E-state index contributed by atoms with van der Waals surface area (Å²) in [7, 11) is 0. The van der Waals surface area contributed by atoms with E-state index in [0.29, 0.717) is 23.1 Å². The van der Waals surface area contributed by atoms with Crippen LogP contribution in [0.25, 0.3) is 0 Å². The molecule has 1 fully saturated rings. The molecular weight excluding hydrogens is 339 g/mol. The summed E-state index contributed by atoms with van der Waals surface area (Å²) in [5.41, 5.74) is 6.32. The maximum absolute atomic E-state index is 12.2. The summed E-state index contributed by atoms with van der Waals surface area (Å²) < 4.78 is 11.3. The molecule has 0 aliphatic carbocycles. The molecule has 1 aromatic carbocycles. The van der Waals surface area contributed by atoms with Crippen molar-refractivity contribution < 1.29 is 14.3 Å². The van der Waals surface area contributed by atoms with E-state index in [1.807, 2.05) is 0 Å². The van der Waals surface area contributed by atoms with Gasteiger partial charge in [-0.3, -0.25) is 4.79 Å². The van der Waals surface area contributed by atoms with E-state index >= 15 is 0 Å².